The molecule has 1 saturated heterocycles. The summed E-state index contributed by atoms with van der Waals surface area (Å²) in [6.07, 6.45) is 1.67. The van der Waals surface area contributed by atoms with Gasteiger partial charge in [0.15, 0.2) is 5.78 Å². The van der Waals surface area contributed by atoms with Gasteiger partial charge in [0.25, 0.3) is 0 Å². The summed E-state index contributed by atoms with van der Waals surface area (Å²) in [5.41, 5.74) is 0.660. The van der Waals surface area contributed by atoms with E-state index in [0.717, 1.165) is 18.6 Å². The number of ketones is 1. The van der Waals surface area contributed by atoms with E-state index < -0.39 is 0 Å². The van der Waals surface area contributed by atoms with Crippen LogP contribution in [0.25, 0.3) is 0 Å². The number of carbonyl (C=O) groups excluding carboxylic acids is 2. The minimum atomic E-state index is -0.146. The summed E-state index contributed by atoms with van der Waals surface area (Å²) < 4.78 is 5.76. The zero-order valence-corrected chi connectivity index (χ0v) is 15.0. The lowest BCUT2D eigenvalue weighted by atomic mass is 9.90. The van der Waals surface area contributed by atoms with Crippen LogP contribution in [0.15, 0.2) is 54.6 Å². The van der Waals surface area contributed by atoms with E-state index >= 15 is 0 Å². The molecule has 0 radical (unpaired) electrons. The molecule has 1 aliphatic heterocycles. The van der Waals surface area contributed by atoms with Crippen molar-refractivity contribution in [2.75, 3.05) is 19.6 Å². The largest absolute Gasteiger partial charge is 0.457 e. The summed E-state index contributed by atoms with van der Waals surface area (Å²) in [6.45, 7) is 3.67. The zero-order chi connectivity index (χ0) is 18.4. The predicted molar refractivity (Wildman–Crippen MR) is 101 cm³/mol. The fourth-order valence-corrected chi connectivity index (χ4v) is 3.19. The van der Waals surface area contributed by atoms with Crippen molar-refractivity contribution in [3.63, 3.8) is 0 Å². The number of benzene rings is 2. The van der Waals surface area contributed by atoms with E-state index in [0.29, 0.717) is 30.9 Å². The predicted octanol–water partition coefficient (Wildman–Crippen LogP) is 4.10. The highest BCUT2D eigenvalue weighted by molar-refractivity contribution is 5.98. The minimum Gasteiger partial charge on any atom is -0.457 e. The molecule has 1 aliphatic rings. The summed E-state index contributed by atoms with van der Waals surface area (Å²) >= 11 is 0. The van der Waals surface area contributed by atoms with Crippen molar-refractivity contribution in [3.05, 3.63) is 60.2 Å². The van der Waals surface area contributed by atoms with Gasteiger partial charge in [-0.25, -0.2) is 4.79 Å². The van der Waals surface area contributed by atoms with Crippen LogP contribution in [0.2, 0.25) is 0 Å². The first-order valence-electron chi connectivity index (χ1n) is 9.07. The zero-order valence-electron chi connectivity index (χ0n) is 15.0. The lowest BCUT2D eigenvalue weighted by molar-refractivity contribution is 0.0846. The second-order valence-corrected chi connectivity index (χ2v) is 6.42. The van der Waals surface area contributed by atoms with Crippen LogP contribution in [0.1, 0.15) is 30.1 Å². The number of amides is 2. The number of carbonyl (C=O) groups is 2. The van der Waals surface area contributed by atoms with Crippen molar-refractivity contribution in [1.82, 2.24) is 10.2 Å². The molecule has 0 aromatic heterocycles. The molecule has 3 rings (SSSR count). The molecule has 26 heavy (non-hydrogen) atoms. The van der Waals surface area contributed by atoms with E-state index in [2.05, 4.69) is 5.32 Å². The molecule has 1 heterocycles. The van der Waals surface area contributed by atoms with Crippen LogP contribution in [-0.4, -0.2) is 36.3 Å². The lowest BCUT2D eigenvalue weighted by Gasteiger charge is -2.32. The molecule has 1 atom stereocenters. The molecule has 1 unspecified atom stereocenters. The summed E-state index contributed by atoms with van der Waals surface area (Å²) in [7, 11) is 0. The Balaban J connectivity index is 1.63. The minimum absolute atomic E-state index is 0.0865. The van der Waals surface area contributed by atoms with E-state index in [1.807, 2.05) is 49.4 Å². The number of hydrogen-bond donors (Lipinski definition) is 1. The number of nitrogens with one attached hydrogen (secondary N) is 1. The average molecular weight is 352 g/mol. The van der Waals surface area contributed by atoms with Gasteiger partial charge >= 0.3 is 6.03 Å². The third-order valence-corrected chi connectivity index (χ3v) is 4.53. The van der Waals surface area contributed by atoms with Crippen LogP contribution in [0.5, 0.6) is 11.5 Å². The Kier molecular flexibility index (Phi) is 5.89. The van der Waals surface area contributed by atoms with Crippen LogP contribution in [-0.2, 0) is 0 Å². The maximum atomic E-state index is 12.8. The lowest BCUT2D eigenvalue weighted by Crippen LogP contribution is -2.47. The Bertz CT molecular complexity index is 744. The van der Waals surface area contributed by atoms with Crippen molar-refractivity contribution in [2.24, 2.45) is 5.92 Å². The van der Waals surface area contributed by atoms with Gasteiger partial charge in [-0.05, 0) is 56.2 Å². The number of para-hydroxylation sites is 1. The molecular weight excluding hydrogens is 328 g/mol. The summed E-state index contributed by atoms with van der Waals surface area (Å²) in [6, 6.07) is 16.7. The molecule has 1 N–H and O–H groups in total. The van der Waals surface area contributed by atoms with Gasteiger partial charge in [0.2, 0.25) is 0 Å². The van der Waals surface area contributed by atoms with Crippen LogP contribution in [0.3, 0.4) is 0 Å². The van der Waals surface area contributed by atoms with E-state index in [1.165, 1.54) is 0 Å². The summed E-state index contributed by atoms with van der Waals surface area (Å²) in [4.78, 5) is 26.5. The van der Waals surface area contributed by atoms with Gasteiger partial charge in [-0.3, -0.25) is 4.79 Å². The number of rotatable bonds is 5. The highest BCUT2D eigenvalue weighted by Gasteiger charge is 2.28. The molecule has 0 saturated carbocycles. The highest BCUT2D eigenvalue weighted by Crippen LogP contribution is 2.24. The molecule has 1 fully saturated rings. The fraction of sp³-hybridized carbons (Fsp3) is 0.333. The smallest absolute Gasteiger partial charge is 0.317 e. The standard InChI is InChI=1S/C21H24N2O3/c1-2-22-21(25)23-14-6-7-17(15-23)20(24)16-10-12-19(13-11-16)26-18-8-4-3-5-9-18/h3-5,8-13,17H,2,6-7,14-15H2,1H3,(H,22,25). The van der Waals surface area contributed by atoms with E-state index in [1.54, 1.807) is 17.0 Å². The van der Waals surface area contributed by atoms with Crippen molar-refractivity contribution in [3.8, 4) is 11.5 Å². The molecule has 0 bridgehead atoms. The summed E-state index contributed by atoms with van der Waals surface area (Å²) in [5, 5.41) is 2.80. The molecule has 0 aliphatic carbocycles. The molecule has 2 amide bonds. The quantitative estimate of drug-likeness (QED) is 0.824. The van der Waals surface area contributed by atoms with Gasteiger partial charge in [-0.2, -0.15) is 0 Å². The first-order chi connectivity index (χ1) is 12.7. The third-order valence-electron chi connectivity index (χ3n) is 4.53. The molecule has 5 nitrogen and oxygen atoms in total. The van der Waals surface area contributed by atoms with E-state index in [-0.39, 0.29) is 17.7 Å². The first-order valence-corrected chi connectivity index (χ1v) is 9.07. The first kappa shape index (κ1) is 18.0. The summed E-state index contributed by atoms with van der Waals surface area (Å²) in [5.74, 6) is 1.40. The number of piperidine rings is 1. The maximum Gasteiger partial charge on any atom is 0.317 e. The monoisotopic (exact) mass is 352 g/mol. The van der Waals surface area contributed by atoms with Crippen LogP contribution in [0.4, 0.5) is 4.79 Å². The number of hydrogen-bond acceptors (Lipinski definition) is 3. The molecule has 136 valence electrons. The van der Waals surface area contributed by atoms with E-state index in [4.69, 9.17) is 4.74 Å². The number of urea groups is 1. The van der Waals surface area contributed by atoms with Gasteiger partial charge in [0, 0.05) is 31.1 Å². The Morgan fingerprint density at radius 3 is 2.46 bits per heavy atom. The number of Topliss-reactive ketones (excluding diaryl/α,β-unsaturated/α-hetero) is 1. The normalized spacial score (nSPS) is 16.8. The SMILES string of the molecule is CCNC(=O)N1CCCC(C(=O)c2ccc(Oc3ccccc3)cc2)C1. The van der Waals surface area contributed by atoms with Gasteiger partial charge in [-0.15, -0.1) is 0 Å². The van der Waals surface area contributed by atoms with Crippen molar-refractivity contribution in [1.29, 1.82) is 0 Å². The molecule has 0 spiro atoms. The van der Waals surface area contributed by atoms with Crippen molar-refractivity contribution >= 4 is 11.8 Å². The second-order valence-electron chi connectivity index (χ2n) is 6.42. The van der Waals surface area contributed by atoms with E-state index in [9.17, 15) is 9.59 Å². The topological polar surface area (TPSA) is 58.6 Å². The van der Waals surface area contributed by atoms with Gasteiger partial charge in [0.1, 0.15) is 11.5 Å². The maximum absolute atomic E-state index is 12.8. The van der Waals surface area contributed by atoms with Gasteiger partial charge < -0.3 is 15.0 Å². The average Bonchev–Trinajstić information content (AvgIpc) is 2.69. The highest BCUT2D eigenvalue weighted by atomic mass is 16.5. The molecule has 2 aromatic rings. The van der Waals surface area contributed by atoms with Crippen molar-refractivity contribution < 1.29 is 14.3 Å². The Labute approximate surface area is 154 Å². The Morgan fingerprint density at radius 1 is 1.08 bits per heavy atom. The van der Waals surface area contributed by atoms with Crippen LogP contribution >= 0.6 is 0 Å². The van der Waals surface area contributed by atoms with Gasteiger partial charge in [0.05, 0.1) is 0 Å². The number of likely N-dealkylation sites (tertiary alicyclic amines) is 1. The third kappa shape index (κ3) is 4.42. The fourth-order valence-electron chi connectivity index (χ4n) is 3.19. The molecular formula is C21H24N2O3. The van der Waals surface area contributed by atoms with Crippen LogP contribution < -0.4 is 10.1 Å². The molecule has 5 heteroatoms. The van der Waals surface area contributed by atoms with Gasteiger partial charge in [-0.1, -0.05) is 18.2 Å². The number of nitrogens with zero attached hydrogens (tertiary/aromatic N) is 1. The Morgan fingerprint density at radius 2 is 1.77 bits per heavy atom. The number of ether oxygens (including phenoxy) is 1. The second kappa shape index (κ2) is 8.52. The molecule has 2 aromatic carbocycles. The van der Waals surface area contributed by atoms with Crippen molar-refractivity contribution in [2.45, 2.75) is 19.8 Å². The Hall–Kier alpha value is -2.82. The van der Waals surface area contributed by atoms with Crippen LogP contribution in [0, 0.1) is 5.92 Å².